The zero-order valence-corrected chi connectivity index (χ0v) is 12.4. The van der Waals surface area contributed by atoms with Gasteiger partial charge in [-0.25, -0.2) is 4.98 Å². The molecule has 0 atom stereocenters. The van der Waals surface area contributed by atoms with E-state index in [1.54, 1.807) is 11.3 Å². The zero-order chi connectivity index (χ0) is 12.1. The maximum atomic E-state index is 4.49. The van der Waals surface area contributed by atoms with Crippen molar-refractivity contribution in [1.82, 2.24) is 4.98 Å². The number of hydrogen-bond acceptors (Lipinski definition) is 2. The minimum atomic E-state index is 1.03. The fourth-order valence-corrected chi connectivity index (χ4v) is 2.88. The smallest absolute Gasteiger partial charge is 0.0897 e. The fourth-order valence-electron chi connectivity index (χ4n) is 1.78. The van der Waals surface area contributed by atoms with Crippen LogP contribution in [0, 0.1) is 6.92 Å². The quantitative estimate of drug-likeness (QED) is 0.755. The van der Waals surface area contributed by atoms with Gasteiger partial charge in [-0.1, -0.05) is 40.2 Å². The Balaban J connectivity index is 1.90. The molecule has 0 saturated carbocycles. The SMILES string of the molecule is Cc1nc(CCc2ccc(CCBr)cc2)cs1. The van der Waals surface area contributed by atoms with Crippen molar-refractivity contribution in [2.24, 2.45) is 0 Å². The molecule has 0 fully saturated rings. The Morgan fingerprint density at radius 1 is 1.06 bits per heavy atom. The number of thiazole rings is 1. The second kappa shape index (κ2) is 6.31. The molecule has 0 aliphatic carbocycles. The van der Waals surface area contributed by atoms with Crippen LogP contribution in [-0.4, -0.2) is 10.3 Å². The summed E-state index contributed by atoms with van der Waals surface area (Å²) in [7, 11) is 0. The van der Waals surface area contributed by atoms with Gasteiger partial charge in [0.25, 0.3) is 0 Å². The highest BCUT2D eigenvalue weighted by Crippen LogP contribution is 2.12. The minimum Gasteiger partial charge on any atom is -0.247 e. The summed E-state index contributed by atoms with van der Waals surface area (Å²) in [6.07, 6.45) is 3.23. The Kier molecular flexibility index (Phi) is 4.75. The highest BCUT2D eigenvalue weighted by Gasteiger charge is 2.00. The molecular formula is C14H16BrNS. The molecule has 0 unspecified atom stereocenters. The molecule has 0 amide bonds. The first-order valence-corrected chi connectivity index (χ1v) is 7.83. The Labute approximate surface area is 115 Å². The number of nitrogens with zero attached hydrogens (tertiary/aromatic N) is 1. The third-order valence-electron chi connectivity index (χ3n) is 2.74. The largest absolute Gasteiger partial charge is 0.247 e. The maximum Gasteiger partial charge on any atom is 0.0897 e. The van der Waals surface area contributed by atoms with Gasteiger partial charge >= 0.3 is 0 Å². The van der Waals surface area contributed by atoms with Crippen molar-refractivity contribution >= 4 is 27.3 Å². The van der Waals surface area contributed by atoms with Crippen LogP contribution >= 0.6 is 27.3 Å². The molecule has 0 bridgehead atoms. The molecular weight excluding hydrogens is 294 g/mol. The van der Waals surface area contributed by atoms with Gasteiger partial charge in [-0.2, -0.15) is 0 Å². The lowest BCUT2D eigenvalue weighted by molar-refractivity contribution is 0.918. The van der Waals surface area contributed by atoms with Gasteiger partial charge in [-0.3, -0.25) is 0 Å². The van der Waals surface area contributed by atoms with E-state index in [4.69, 9.17) is 0 Å². The zero-order valence-electron chi connectivity index (χ0n) is 9.95. The van der Waals surface area contributed by atoms with Crippen LogP contribution in [0.25, 0.3) is 0 Å². The highest BCUT2D eigenvalue weighted by molar-refractivity contribution is 9.09. The van der Waals surface area contributed by atoms with Crippen LogP contribution in [0.4, 0.5) is 0 Å². The van der Waals surface area contributed by atoms with Gasteiger partial charge in [0.15, 0.2) is 0 Å². The van der Waals surface area contributed by atoms with Crippen molar-refractivity contribution in [3.63, 3.8) is 0 Å². The second-order valence-corrected chi connectivity index (χ2v) is 5.97. The van der Waals surface area contributed by atoms with E-state index in [-0.39, 0.29) is 0 Å². The lowest BCUT2D eigenvalue weighted by Crippen LogP contribution is -1.93. The molecule has 1 aromatic heterocycles. The number of halogens is 1. The summed E-state index contributed by atoms with van der Waals surface area (Å²) >= 11 is 5.19. The molecule has 0 aliphatic heterocycles. The van der Waals surface area contributed by atoms with E-state index in [0.717, 1.165) is 29.6 Å². The second-order valence-electron chi connectivity index (χ2n) is 4.11. The fraction of sp³-hybridized carbons (Fsp3) is 0.357. The lowest BCUT2D eigenvalue weighted by atomic mass is 10.1. The average molecular weight is 310 g/mol. The predicted octanol–water partition coefficient (Wildman–Crippen LogP) is 4.17. The van der Waals surface area contributed by atoms with E-state index in [1.165, 1.54) is 16.8 Å². The van der Waals surface area contributed by atoms with Crippen molar-refractivity contribution in [2.45, 2.75) is 26.2 Å². The molecule has 0 N–H and O–H groups in total. The van der Waals surface area contributed by atoms with Crippen LogP contribution in [0.2, 0.25) is 0 Å². The van der Waals surface area contributed by atoms with Crippen LogP contribution < -0.4 is 0 Å². The van der Waals surface area contributed by atoms with Gasteiger partial charge in [0, 0.05) is 10.7 Å². The number of benzene rings is 1. The summed E-state index contributed by atoms with van der Waals surface area (Å²) in [4.78, 5) is 4.49. The molecule has 1 heterocycles. The first-order valence-electron chi connectivity index (χ1n) is 5.83. The summed E-state index contributed by atoms with van der Waals surface area (Å²) in [5, 5.41) is 4.35. The first-order chi connectivity index (χ1) is 8.28. The summed E-state index contributed by atoms with van der Waals surface area (Å²) in [6.45, 7) is 2.06. The molecule has 2 aromatic rings. The Morgan fingerprint density at radius 3 is 2.24 bits per heavy atom. The van der Waals surface area contributed by atoms with Crippen LogP contribution in [0.3, 0.4) is 0 Å². The van der Waals surface area contributed by atoms with Crippen molar-refractivity contribution < 1.29 is 0 Å². The minimum absolute atomic E-state index is 1.03. The van der Waals surface area contributed by atoms with E-state index in [0.29, 0.717) is 0 Å². The number of aryl methyl sites for hydroxylation is 4. The van der Waals surface area contributed by atoms with Crippen LogP contribution in [0.5, 0.6) is 0 Å². The summed E-state index contributed by atoms with van der Waals surface area (Å²) < 4.78 is 0. The van der Waals surface area contributed by atoms with Crippen molar-refractivity contribution in [1.29, 1.82) is 0 Å². The van der Waals surface area contributed by atoms with Gasteiger partial charge in [-0.05, 0) is 37.3 Å². The first kappa shape index (κ1) is 12.8. The van der Waals surface area contributed by atoms with Gasteiger partial charge in [-0.15, -0.1) is 11.3 Å². The molecule has 90 valence electrons. The Bertz CT molecular complexity index is 461. The van der Waals surface area contributed by atoms with Crippen LogP contribution in [0.15, 0.2) is 29.6 Å². The number of aromatic nitrogens is 1. The monoisotopic (exact) mass is 309 g/mol. The van der Waals surface area contributed by atoms with Crippen molar-refractivity contribution in [2.75, 3.05) is 5.33 Å². The van der Waals surface area contributed by atoms with E-state index in [9.17, 15) is 0 Å². The Morgan fingerprint density at radius 2 is 1.71 bits per heavy atom. The van der Waals surface area contributed by atoms with Gasteiger partial charge in [0.05, 0.1) is 10.7 Å². The average Bonchev–Trinajstić information content (AvgIpc) is 2.75. The summed E-state index contributed by atoms with van der Waals surface area (Å²) in [5.74, 6) is 0. The predicted molar refractivity (Wildman–Crippen MR) is 78.2 cm³/mol. The number of alkyl halides is 1. The molecule has 0 spiro atoms. The third kappa shape index (κ3) is 3.93. The van der Waals surface area contributed by atoms with Gasteiger partial charge in [0.1, 0.15) is 0 Å². The summed E-state index contributed by atoms with van der Waals surface area (Å²) in [5.41, 5.74) is 4.01. The van der Waals surface area contributed by atoms with E-state index in [2.05, 4.69) is 57.5 Å². The standard InChI is InChI=1S/C14H16BrNS/c1-11-16-14(10-17-11)7-6-12-2-4-13(5-3-12)8-9-15/h2-5,10H,6-9H2,1H3. The summed E-state index contributed by atoms with van der Waals surface area (Å²) in [6, 6.07) is 8.92. The van der Waals surface area contributed by atoms with Crippen molar-refractivity contribution in [3.05, 3.63) is 51.5 Å². The Hall–Kier alpha value is -0.670. The molecule has 0 radical (unpaired) electrons. The van der Waals surface area contributed by atoms with Gasteiger partial charge < -0.3 is 0 Å². The third-order valence-corrected chi connectivity index (χ3v) is 3.96. The number of hydrogen-bond donors (Lipinski definition) is 0. The van der Waals surface area contributed by atoms with Gasteiger partial charge in [0.2, 0.25) is 0 Å². The highest BCUT2D eigenvalue weighted by atomic mass is 79.9. The van der Waals surface area contributed by atoms with Crippen LogP contribution in [0.1, 0.15) is 21.8 Å². The topological polar surface area (TPSA) is 12.9 Å². The molecule has 0 aliphatic rings. The molecule has 0 saturated heterocycles. The lowest BCUT2D eigenvalue weighted by Gasteiger charge is -2.02. The molecule has 1 aromatic carbocycles. The molecule has 3 heteroatoms. The van der Waals surface area contributed by atoms with E-state index >= 15 is 0 Å². The van der Waals surface area contributed by atoms with Crippen molar-refractivity contribution in [3.8, 4) is 0 Å². The normalized spacial score (nSPS) is 10.7. The molecule has 2 rings (SSSR count). The van der Waals surface area contributed by atoms with E-state index in [1.807, 2.05) is 0 Å². The number of rotatable bonds is 5. The molecule has 17 heavy (non-hydrogen) atoms. The van der Waals surface area contributed by atoms with Crippen LogP contribution in [-0.2, 0) is 19.3 Å². The molecule has 1 nitrogen and oxygen atoms in total. The maximum absolute atomic E-state index is 4.49. The van der Waals surface area contributed by atoms with E-state index < -0.39 is 0 Å².